The summed E-state index contributed by atoms with van der Waals surface area (Å²) in [5, 5.41) is 9.90. The fraction of sp³-hybridized carbons (Fsp3) is 0.286. The zero-order valence-electron chi connectivity index (χ0n) is 16.2. The minimum atomic E-state index is 0.713. The number of nitrogens with zero attached hydrogens (tertiary/aromatic N) is 6. The Labute approximate surface area is 173 Å². The molecule has 8 heteroatoms. The minimum Gasteiger partial charge on any atom is -0.378 e. The average molecular weight is 407 g/mol. The van der Waals surface area contributed by atoms with Crippen LogP contribution in [0, 0.1) is 6.92 Å². The van der Waals surface area contributed by atoms with Gasteiger partial charge >= 0.3 is 0 Å². The summed E-state index contributed by atoms with van der Waals surface area (Å²) in [7, 11) is 0. The zero-order chi connectivity index (χ0) is 19.6. The van der Waals surface area contributed by atoms with Gasteiger partial charge in [0.2, 0.25) is 5.95 Å². The predicted molar refractivity (Wildman–Crippen MR) is 114 cm³/mol. The minimum absolute atomic E-state index is 0.713. The van der Waals surface area contributed by atoms with Crippen LogP contribution in [0.1, 0.15) is 11.3 Å². The summed E-state index contributed by atoms with van der Waals surface area (Å²) in [6.07, 6.45) is 4.12. The van der Waals surface area contributed by atoms with Gasteiger partial charge in [-0.2, -0.15) is 0 Å². The first kappa shape index (κ1) is 18.2. The van der Waals surface area contributed by atoms with Crippen LogP contribution in [0.25, 0.3) is 11.3 Å². The van der Waals surface area contributed by atoms with Crippen molar-refractivity contribution < 1.29 is 4.74 Å². The second kappa shape index (κ2) is 7.88. The highest BCUT2D eigenvalue weighted by Crippen LogP contribution is 2.29. The van der Waals surface area contributed by atoms with Crippen molar-refractivity contribution in [3.8, 4) is 5.69 Å². The van der Waals surface area contributed by atoms with E-state index in [4.69, 9.17) is 9.72 Å². The van der Waals surface area contributed by atoms with E-state index in [9.17, 15) is 0 Å². The summed E-state index contributed by atoms with van der Waals surface area (Å²) >= 11 is 1.66. The van der Waals surface area contributed by atoms with E-state index in [0.29, 0.717) is 13.2 Å². The van der Waals surface area contributed by atoms with Crippen LogP contribution in [-0.2, 0) is 10.5 Å². The van der Waals surface area contributed by atoms with E-state index in [2.05, 4.69) is 55.4 Å². The molecule has 4 heterocycles. The molecule has 3 aromatic heterocycles. The Morgan fingerprint density at radius 3 is 2.66 bits per heavy atom. The highest BCUT2D eigenvalue weighted by molar-refractivity contribution is 7.98. The first-order chi connectivity index (χ1) is 14.3. The Morgan fingerprint density at radius 1 is 1.03 bits per heavy atom. The molecule has 1 aliphatic heterocycles. The van der Waals surface area contributed by atoms with Crippen LogP contribution in [0.4, 0.5) is 5.95 Å². The van der Waals surface area contributed by atoms with Gasteiger partial charge in [-0.1, -0.05) is 36.0 Å². The molecule has 0 saturated carbocycles. The number of hydrogen-bond donors (Lipinski definition) is 0. The fourth-order valence-electron chi connectivity index (χ4n) is 3.54. The number of rotatable bonds is 5. The molecule has 0 spiro atoms. The highest BCUT2D eigenvalue weighted by Gasteiger charge is 2.22. The van der Waals surface area contributed by atoms with Crippen molar-refractivity contribution in [2.24, 2.45) is 0 Å². The molecule has 0 aliphatic carbocycles. The van der Waals surface area contributed by atoms with E-state index in [0.717, 1.165) is 47.0 Å². The van der Waals surface area contributed by atoms with Crippen molar-refractivity contribution >= 4 is 23.4 Å². The third kappa shape index (κ3) is 3.61. The predicted octanol–water partition coefficient (Wildman–Crippen LogP) is 3.35. The van der Waals surface area contributed by atoms with E-state index in [1.807, 2.05) is 30.5 Å². The lowest BCUT2D eigenvalue weighted by Crippen LogP contribution is -2.37. The molecule has 1 fully saturated rings. The number of fused-ring (bicyclic) bond motifs is 1. The number of imidazole rings is 1. The summed E-state index contributed by atoms with van der Waals surface area (Å²) < 4.78 is 9.71. The molecule has 7 nitrogen and oxygen atoms in total. The van der Waals surface area contributed by atoms with Crippen LogP contribution in [0.2, 0.25) is 0 Å². The molecular weight excluding hydrogens is 384 g/mol. The molecule has 1 aromatic carbocycles. The van der Waals surface area contributed by atoms with Gasteiger partial charge in [0.25, 0.3) is 0 Å². The molecule has 4 aromatic rings. The molecule has 5 rings (SSSR count). The maximum atomic E-state index is 5.50. The molecular formula is C21H22N6OS. The Balaban J connectivity index is 1.46. The summed E-state index contributed by atoms with van der Waals surface area (Å²) in [4.78, 5) is 7.02. The number of hydrogen-bond acceptors (Lipinski definition) is 6. The third-order valence-electron chi connectivity index (χ3n) is 5.00. The van der Waals surface area contributed by atoms with Gasteiger partial charge in [-0.3, -0.25) is 4.57 Å². The number of aryl methyl sites for hydroxylation is 1. The molecule has 0 bridgehead atoms. The van der Waals surface area contributed by atoms with Crippen molar-refractivity contribution in [2.75, 3.05) is 31.2 Å². The number of aromatic nitrogens is 5. The van der Waals surface area contributed by atoms with Crippen molar-refractivity contribution in [3.05, 3.63) is 66.1 Å². The number of morpholine rings is 1. The van der Waals surface area contributed by atoms with Gasteiger partial charge in [0.1, 0.15) is 5.65 Å². The average Bonchev–Trinajstić information content (AvgIpc) is 3.38. The Bertz CT molecular complexity index is 1120. The number of anilines is 1. The first-order valence-electron chi connectivity index (χ1n) is 9.69. The largest absolute Gasteiger partial charge is 0.378 e. The summed E-state index contributed by atoms with van der Waals surface area (Å²) in [6, 6.07) is 14.4. The van der Waals surface area contributed by atoms with E-state index in [1.54, 1.807) is 11.8 Å². The highest BCUT2D eigenvalue weighted by atomic mass is 32.2. The summed E-state index contributed by atoms with van der Waals surface area (Å²) in [6.45, 7) is 5.15. The maximum Gasteiger partial charge on any atom is 0.232 e. The molecule has 29 heavy (non-hydrogen) atoms. The monoisotopic (exact) mass is 406 g/mol. The molecule has 1 saturated heterocycles. The van der Waals surface area contributed by atoms with Crippen molar-refractivity contribution in [1.29, 1.82) is 0 Å². The van der Waals surface area contributed by atoms with E-state index < -0.39 is 0 Å². The van der Waals surface area contributed by atoms with Crippen molar-refractivity contribution in [2.45, 2.75) is 17.8 Å². The molecule has 1 aliphatic rings. The Kier molecular flexibility index (Phi) is 4.95. The normalized spacial score (nSPS) is 14.6. The standard InChI is InChI=1S/C21H22N6OS/c1-16-6-5-9-26-14-17(22-19(16)26)15-29-21-24-23-20(25-10-12-28-13-11-25)27(21)18-7-3-2-4-8-18/h2-9,14H,10-13,15H2,1H3. The fourth-order valence-corrected chi connectivity index (χ4v) is 4.37. The number of para-hydroxylation sites is 1. The van der Waals surface area contributed by atoms with Crippen LogP contribution < -0.4 is 4.90 Å². The van der Waals surface area contributed by atoms with Crippen LogP contribution in [0.15, 0.2) is 60.0 Å². The topological polar surface area (TPSA) is 60.5 Å². The molecule has 0 radical (unpaired) electrons. The van der Waals surface area contributed by atoms with Gasteiger partial charge in [0.15, 0.2) is 5.16 Å². The van der Waals surface area contributed by atoms with E-state index in [-0.39, 0.29) is 0 Å². The van der Waals surface area contributed by atoms with Gasteiger partial charge in [0.05, 0.1) is 24.6 Å². The van der Waals surface area contributed by atoms with Gasteiger partial charge in [-0.15, -0.1) is 10.2 Å². The second-order valence-corrected chi connectivity index (χ2v) is 7.94. The molecule has 0 atom stereocenters. The maximum absolute atomic E-state index is 5.50. The SMILES string of the molecule is Cc1cccn2cc(CSc3nnc(N4CCOCC4)n3-c3ccccc3)nc12. The molecule has 0 N–H and O–H groups in total. The van der Waals surface area contributed by atoms with Gasteiger partial charge in [0, 0.05) is 31.2 Å². The Morgan fingerprint density at radius 2 is 1.86 bits per heavy atom. The molecule has 0 amide bonds. The number of thioether (sulfide) groups is 1. The van der Waals surface area contributed by atoms with Crippen LogP contribution in [0.5, 0.6) is 0 Å². The lowest BCUT2D eigenvalue weighted by molar-refractivity contribution is 0.122. The van der Waals surface area contributed by atoms with Crippen LogP contribution in [-0.4, -0.2) is 50.5 Å². The quantitative estimate of drug-likeness (QED) is 0.474. The summed E-state index contributed by atoms with van der Waals surface area (Å²) in [5.74, 6) is 1.60. The van der Waals surface area contributed by atoms with E-state index >= 15 is 0 Å². The number of benzene rings is 1. The first-order valence-corrected chi connectivity index (χ1v) is 10.7. The Hall–Kier alpha value is -2.84. The van der Waals surface area contributed by atoms with Gasteiger partial charge in [-0.25, -0.2) is 4.98 Å². The van der Waals surface area contributed by atoms with Gasteiger partial charge in [-0.05, 0) is 30.7 Å². The zero-order valence-corrected chi connectivity index (χ0v) is 17.0. The summed E-state index contributed by atoms with van der Waals surface area (Å²) in [5.41, 5.74) is 4.26. The van der Waals surface area contributed by atoms with Crippen molar-refractivity contribution in [1.82, 2.24) is 24.1 Å². The smallest absolute Gasteiger partial charge is 0.232 e. The van der Waals surface area contributed by atoms with E-state index in [1.165, 1.54) is 5.56 Å². The van der Waals surface area contributed by atoms with Crippen LogP contribution in [0.3, 0.4) is 0 Å². The lowest BCUT2D eigenvalue weighted by atomic mass is 10.3. The second-order valence-electron chi connectivity index (χ2n) is 7.00. The molecule has 0 unspecified atom stereocenters. The lowest BCUT2D eigenvalue weighted by Gasteiger charge is -2.27. The van der Waals surface area contributed by atoms with Gasteiger partial charge < -0.3 is 14.0 Å². The van der Waals surface area contributed by atoms with Crippen molar-refractivity contribution in [3.63, 3.8) is 0 Å². The van der Waals surface area contributed by atoms with Crippen LogP contribution >= 0.6 is 11.8 Å². The third-order valence-corrected chi connectivity index (χ3v) is 5.96. The number of pyridine rings is 1. The number of ether oxygens (including phenoxy) is 1. The molecule has 148 valence electrons.